The van der Waals surface area contributed by atoms with E-state index in [9.17, 15) is 19.5 Å². The van der Waals surface area contributed by atoms with Gasteiger partial charge in [-0.3, -0.25) is 14.2 Å². The van der Waals surface area contributed by atoms with E-state index in [1.807, 2.05) is 30.3 Å². The van der Waals surface area contributed by atoms with Crippen LogP contribution in [0.1, 0.15) is 32.1 Å². The van der Waals surface area contributed by atoms with E-state index in [-0.39, 0.29) is 32.3 Å². The van der Waals surface area contributed by atoms with Gasteiger partial charge in [-0.1, -0.05) is 30.3 Å². The second-order valence-electron chi connectivity index (χ2n) is 10.4. The van der Waals surface area contributed by atoms with Crippen molar-refractivity contribution in [3.8, 4) is 0 Å². The number of carbonyl (C=O) groups is 1. The second-order valence-corrected chi connectivity index (χ2v) is 10.4. The highest BCUT2D eigenvalue weighted by molar-refractivity contribution is 5.94. The monoisotopic (exact) mass is 574 g/mol. The Morgan fingerprint density at radius 2 is 1.80 bits per heavy atom. The standard InChI is InChI=1S/C28H34N2O11/c1-28(2)40-24-23(20(37-16-35-3)13-19-18(31)9-10-22(33)38-19)39-26(25(24)41-28)29-12-11-21(32)30(27(29)34)15-36-14-17-7-5-4-6-8-17/h4-12,19-20,22-26,33H,13-16H2,1-3H3/t19-,20-,22?,23-,24-,25-,26-/m1/s1. The number of rotatable bonds is 11. The maximum atomic E-state index is 13.5. The van der Waals surface area contributed by atoms with E-state index >= 15 is 0 Å². The maximum Gasteiger partial charge on any atom is 0.335 e. The lowest BCUT2D eigenvalue weighted by atomic mass is 9.97. The van der Waals surface area contributed by atoms with Crippen LogP contribution in [-0.4, -0.2) is 76.5 Å². The predicted molar refractivity (Wildman–Crippen MR) is 140 cm³/mol. The number of aliphatic hydroxyl groups excluding tert-OH is 1. The van der Waals surface area contributed by atoms with Crippen molar-refractivity contribution in [1.29, 1.82) is 0 Å². The minimum absolute atomic E-state index is 0.00963. The Bertz CT molecular complexity index is 1350. The molecule has 1 N–H and O–H groups in total. The van der Waals surface area contributed by atoms with Crippen molar-refractivity contribution in [3.63, 3.8) is 0 Å². The summed E-state index contributed by atoms with van der Waals surface area (Å²) in [5, 5.41) is 9.89. The molecule has 0 saturated carbocycles. The third-order valence-electron chi connectivity index (χ3n) is 7.03. The van der Waals surface area contributed by atoms with E-state index in [4.69, 9.17) is 33.2 Å². The first kappa shape index (κ1) is 29.5. The summed E-state index contributed by atoms with van der Waals surface area (Å²) in [6.45, 7) is 3.29. The molecule has 2 aromatic rings. The number of benzene rings is 1. The van der Waals surface area contributed by atoms with E-state index in [0.717, 1.165) is 10.1 Å². The lowest BCUT2D eigenvalue weighted by Gasteiger charge is -2.31. The van der Waals surface area contributed by atoms with Gasteiger partial charge in [-0.05, 0) is 31.6 Å². The molecule has 13 heteroatoms. The van der Waals surface area contributed by atoms with Gasteiger partial charge in [0.15, 0.2) is 24.1 Å². The van der Waals surface area contributed by atoms with Gasteiger partial charge in [0, 0.05) is 25.8 Å². The zero-order valence-electron chi connectivity index (χ0n) is 23.0. The van der Waals surface area contributed by atoms with Crippen molar-refractivity contribution in [2.75, 3.05) is 13.9 Å². The van der Waals surface area contributed by atoms with Crippen molar-refractivity contribution in [2.45, 2.75) is 82.4 Å². The fourth-order valence-corrected chi connectivity index (χ4v) is 5.20. The number of aliphatic hydroxyl groups is 1. The summed E-state index contributed by atoms with van der Waals surface area (Å²) in [6.07, 6.45) is -2.48. The summed E-state index contributed by atoms with van der Waals surface area (Å²) in [5.41, 5.74) is -0.294. The molecular formula is C28H34N2O11. The van der Waals surface area contributed by atoms with Gasteiger partial charge in [0.25, 0.3) is 5.56 Å². The number of hydrogen-bond acceptors (Lipinski definition) is 11. The highest BCUT2D eigenvalue weighted by Gasteiger charge is 2.58. The van der Waals surface area contributed by atoms with Gasteiger partial charge in [-0.2, -0.15) is 0 Å². The van der Waals surface area contributed by atoms with Crippen LogP contribution in [0, 0.1) is 0 Å². The summed E-state index contributed by atoms with van der Waals surface area (Å²) in [7, 11) is 1.45. The number of methoxy groups -OCH3 is 1. The first-order chi connectivity index (χ1) is 19.7. The van der Waals surface area contributed by atoms with Crippen LogP contribution < -0.4 is 11.2 Å². The van der Waals surface area contributed by atoms with Crippen molar-refractivity contribution in [1.82, 2.24) is 9.13 Å². The Morgan fingerprint density at radius 1 is 1.05 bits per heavy atom. The highest BCUT2D eigenvalue weighted by Crippen LogP contribution is 2.44. The Morgan fingerprint density at radius 3 is 2.56 bits per heavy atom. The third-order valence-corrected chi connectivity index (χ3v) is 7.03. The molecule has 13 nitrogen and oxygen atoms in total. The SMILES string of the molecule is COCO[C@H](C[C@H]1OC(O)C=CC1=O)[C@H]1O[C@@H](n2ccc(=O)n(COCc3ccccc3)c2=O)[C@@H]2OC(C)(C)O[C@@H]21. The van der Waals surface area contributed by atoms with Gasteiger partial charge >= 0.3 is 5.69 Å². The largest absolute Gasteiger partial charge is 0.365 e. The van der Waals surface area contributed by atoms with Gasteiger partial charge in [0.2, 0.25) is 0 Å². The normalized spacial score (nSPS) is 29.5. The van der Waals surface area contributed by atoms with Crippen LogP contribution in [0.4, 0.5) is 0 Å². The summed E-state index contributed by atoms with van der Waals surface area (Å²) >= 11 is 0. The van der Waals surface area contributed by atoms with Gasteiger partial charge in [0.05, 0.1) is 12.7 Å². The molecule has 222 valence electrons. The first-order valence-corrected chi connectivity index (χ1v) is 13.3. The van der Waals surface area contributed by atoms with E-state index in [1.165, 1.54) is 36.1 Å². The van der Waals surface area contributed by atoms with Crippen LogP contribution >= 0.6 is 0 Å². The zero-order valence-corrected chi connectivity index (χ0v) is 23.0. The lowest BCUT2D eigenvalue weighted by Crippen LogP contribution is -2.45. The number of aromatic nitrogens is 2. The molecule has 1 aromatic heterocycles. The van der Waals surface area contributed by atoms with E-state index in [1.54, 1.807) is 13.8 Å². The van der Waals surface area contributed by atoms with Crippen LogP contribution in [-0.2, 0) is 51.3 Å². The highest BCUT2D eigenvalue weighted by atomic mass is 16.8. The summed E-state index contributed by atoms with van der Waals surface area (Å²) < 4.78 is 43.0. The molecular weight excluding hydrogens is 540 g/mol. The van der Waals surface area contributed by atoms with Crippen LogP contribution in [0.25, 0.3) is 0 Å². The van der Waals surface area contributed by atoms with Gasteiger partial charge < -0.3 is 38.3 Å². The zero-order chi connectivity index (χ0) is 29.1. The molecule has 0 amide bonds. The smallest absolute Gasteiger partial charge is 0.335 e. The predicted octanol–water partition coefficient (Wildman–Crippen LogP) is 0.824. The molecule has 3 aliphatic heterocycles. The number of hydrogen-bond donors (Lipinski definition) is 1. The number of ether oxygens (including phenoxy) is 7. The molecule has 1 aromatic carbocycles. The molecule has 0 aliphatic carbocycles. The fraction of sp³-hybridized carbons (Fsp3) is 0.536. The van der Waals surface area contributed by atoms with Crippen molar-refractivity contribution in [3.05, 3.63) is 81.1 Å². The first-order valence-electron chi connectivity index (χ1n) is 13.3. The van der Waals surface area contributed by atoms with E-state index < -0.39 is 60.1 Å². The maximum absolute atomic E-state index is 13.5. The number of ketones is 1. The number of carbonyl (C=O) groups excluding carboxylic acids is 1. The van der Waals surface area contributed by atoms with Gasteiger partial charge in [-0.15, -0.1) is 0 Å². The molecule has 5 rings (SSSR count). The number of fused-ring (bicyclic) bond motifs is 1. The Balaban J connectivity index is 1.40. The number of nitrogens with zero attached hydrogens (tertiary/aromatic N) is 2. The average Bonchev–Trinajstić information content (AvgIpc) is 3.44. The average molecular weight is 575 g/mol. The molecule has 2 fully saturated rings. The Hall–Kier alpha value is -3.01. The van der Waals surface area contributed by atoms with Crippen molar-refractivity contribution in [2.24, 2.45) is 0 Å². The molecule has 0 radical (unpaired) electrons. The van der Waals surface area contributed by atoms with Crippen LogP contribution in [0.5, 0.6) is 0 Å². The fourth-order valence-electron chi connectivity index (χ4n) is 5.20. The molecule has 7 atom stereocenters. The minimum atomic E-state index is -1.24. The van der Waals surface area contributed by atoms with Crippen LogP contribution in [0.15, 0.2) is 64.3 Å². The summed E-state index contributed by atoms with van der Waals surface area (Å²) in [4.78, 5) is 38.6. The van der Waals surface area contributed by atoms with Crippen LogP contribution in [0.2, 0.25) is 0 Å². The lowest BCUT2D eigenvalue weighted by molar-refractivity contribution is -0.223. The molecule has 41 heavy (non-hydrogen) atoms. The molecule has 4 heterocycles. The summed E-state index contributed by atoms with van der Waals surface area (Å²) in [6, 6.07) is 10.6. The molecule has 0 bridgehead atoms. The minimum Gasteiger partial charge on any atom is -0.365 e. The van der Waals surface area contributed by atoms with Gasteiger partial charge in [-0.25, -0.2) is 9.36 Å². The molecule has 3 aliphatic rings. The summed E-state index contributed by atoms with van der Waals surface area (Å²) in [5.74, 6) is -1.36. The van der Waals surface area contributed by atoms with Crippen LogP contribution in [0.3, 0.4) is 0 Å². The van der Waals surface area contributed by atoms with Gasteiger partial charge in [0.1, 0.15) is 37.9 Å². The van der Waals surface area contributed by atoms with Crippen molar-refractivity contribution < 1.29 is 43.1 Å². The molecule has 0 spiro atoms. The third kappa shape index (κ3) is 6.58. The second kappa shape index (κ2) is 12.5. The van der Waals surface area contributed by atoms with Crippen molar-refractivity contribution >= 4 is 5.78 Å². The van der Waals surface area contributed by atoms with E-state index in [2.05, 4.69) is 0 Å². The Labute approximate surface area is 235 Å². The molecule has 2 saturated heterocycles. The topological polar surface area (TPSA) is 146 Å². The van der Waals surface area contributed by atoms with E-state index in [0.29, 0.717) is 0 Å². The Kier molecular flexibility index (Phi) is 8.97. The quantitative estimate of drug-likeness (QED) is 0.381. The molecule has 1 unspecified atom stereocenters.